The van der Waals surface area contributed by atoms with Gasteiger partial charge in [-0.05, 0) is 76.3 Å². The maximum atomic E-state index is 13.4. The highest BCUT2D eigenvalue weighted by atomic mass is 32.1. The van der Waals surface area contributed by atoms with E-state index in [1.54, 1.807) is 11.3 Å². The van der Waals surface area contributed by atoms with Crippen molar-refractivity contribution in [1.82, 2.24) is 9.88 Å². The number of benzene rings is 2. The van der Waals surface area contributed by atoms with Crippen LogP contribution in [-0.4, -0.2) is 49.6 Å². The van der Waals surface area contributed by atoms with E-state index >= 15 is 0 Å². The van der Waals surface area contributed by atoms with E-state index < -0.39 is 0 Å². The molecule has 3 aromatic rings. The molecule has 0 aliphatic carbocycles. The van der Waals surface area contributed by atoms with E-state index in [1.165, 1.54) is 12.8 Å². The van der Waals surface area contributed by atoms with Gasteiger partial charge in [-0.2, -0.15) is 0 Å². The molecule has 5 nitrogen and oxygen atoms in total. The molecule has 2 aromatic carbocycles. The minimum absolute atomic E-state index is 0.0204. The number of hydrogen-bond donors (Lipinski definition) is 0. The second kappa shape index (κ2) is 11.3. The quantitative estimate of drug-likeness (QED) is 0.356. The number of thiazole rings is 1. The van der Waals surface area contributed by atoms with Crippen LogP contribution in [0, 0.1) is 6.92 Å². The average molecular weight is 440 g/mol. The normalized spacial score (nSPS) is 11.3. The van der Waals surface area contributed by atoms with Crippen LogP contribution in [0.1, 0.15) is 48.5 Å². The number of nitrogens with zero attached hydrogens (tertiary/aromatic N) is 3. The second-order valence-corrected chi connectivity index (χ2v) is 9.12. The number of hydrogen-bond acceptors (Lipinski definition) is 5. The standard InChI is InChI=1S/C25H33N3O2S/c1-5-6-7-18-30-21-14-12-20(13-15-21)24(29)28(17-9-16-27(3)4)25-26-23-19(2)10-8-11-22(23)31-25/h8,10-15H,5-7,9,16-18H2,1-4H3. The van der Waals surface area contributed by atoms with Gasteiger partial charge >= 0.3 is 0 Å². The van der Waals surface area contributed by atoms with Gasteiger partial charge in [0.1, 0.15) is 5.75 Å². The van der Waals surface area contributed by atoms with Crippen molar-refractivity contribution < 1.29 is 9.53 Å². The number of fused-ring (bicyclic) bond motifs is 1. The molecule has 0 saturated heterocycles. The van der Waals surface area contributed by atoms with Crippen molar-refractivity contribution >= 4 is 32.6 Å². The van der Waals surface area contributed by atoms with Gasteiger partial charge in [-0.3, -0.25) is 9.69 Å². The van der Waals surface area contributed by atoms with Crippen LogP contribution < -0.4 is 9.64 Å². The van der Waals surface area contributed by atoms with Crippen LogP contribution in [-0.2, 0) is 0 Å². The molecule has 3 rings (SSSR count). The number of aryl methyl sites for hydroxylation is 1. The Morgan fingerprint density at radius 1 is 1.03 bits per heavy atom. The number of ether oxygens (including phenoxy) is 1. The van der Waals surface area contributed by atoms with Crippen molar-refractivity contribution in [1.29, 1.82) is 0 Å². The van der Waals surface area contributed by atoms with E-state index in [4.69, 9.17) is 9.72 Å². The Kier molecular flexibility index (Phi) is 8.43. The van der Waals surface area contributed by atoms with Gasteiger partial charge in [0.25, 0.3) is 5.91 Å². The third-order valence-electron chi connectivity index (χ3n) is 5.19. The zero-order chi connectivity index (χ0) is 22.2. The van der Waals surface area contributed by atoms with Gasteiger partial charge < -0.3 is 9.64 Å². The van der Waals surface area contributed by atoms with Crippen LogP contribution in [0.25, 0.3) is 10.2 Å². The second-order valence-electron chi connectivity index (χ2n) is 8.11. The molecule has 0 atom stereocenters. The van der Waals surface area contributed by atoms with E-state index in [0.29, 0.717) is 18.7 Å². The zero-order valence-electron chi connectivity index (χ0n) is 19.1. The molecule has 0 saturated carbocycles. The maximum absolute atomic E-state index is 13.4. The molecule has 0 spiro atoms. The fourth-order valence-electron chi connectivity index (χ4n) is 3.41. The average Bonchev–Trinajstić information content (AvgIpc) is 3.19. The Morgan fingerprint density at radius 3 is 2.48 bits per heavy atom. The number of amides is 1. The van der Waals surface area contributed by atoms with E-state index in [9.17, 15) is 4.79 Å². The lowest BCUT2D eigenvalue weighted by molar-refractivity contribution is 0.0986. The molecule has 0 N–H and O–H groups in total. The lowest BCUT2D eigenvalue weighted by Crippen LogP contribution is -2.33. The maximum Gasteiger partial charge on any atom is 0.260 e. The molecule has 0 radical (unpaired) electrons. The summed E-state index contributed by atoms with van der Waals surface area (Å²) in [4.78, 5) is 22.2. The summed E-state index contributed by atoms with van der Waals surface area (Å²) in [6, 6.07) is 13.7. The molecule has 1 heterocycles. The predicted octanol–water partition coefficient (Wildman–Crippen LogP) is 5.77. The van der Waals surface area contributed by atoms with Gasteiger partial charge in [0.05, 0.1) is 16.8 Å². The molecule has 1 aromatic heterocycles. The van der Waals surface area contributed by atoms with Crippen LogP contribution in [0.4, 0.5) is 5.13 Å². The van der Waals surface area contributed by atoms with Gasteiger partial charge in [0, 0.05) is 12.1 Å². The smallest absolute Gasteiger partial charge is 0.260 e. The van der Waals surface area contributed by atoms with Crippen molar-refractivity contribution in [3.63, 3.8) is 0 Å². The number of unbranched alkanes of at least 4 members (excludes halogenated alkanes) is 2. The summed E-state index contributed by atoms with van der Waals surface area (Å²) < 4.78 is 6.90. The van der Waals surface area contributed by atoms with Crippen LogP contribution in [0.3, 0.4) is 0 Å². The Morgan fingerprint density at radius 2 is 1.81 bits per heavy atom. The van der Waals surface area contributed by atoms with Crippen LogP contribution in [0.15, 0.2) is 42.5 Å². The minimum Gasteiger partial charge on any atom is -0.494 e. The Labute approximate surface area is 189 Å². The van der Waals surface area contributed by atoms with Crippen LogP contribution >= 0.6 is 11.3 Å². The highest BCUT2D eigenvalue weighted by Gasteiger charge is 2.21. The monoisotopic (exact) mass is 439 g/mol. The van der Waals surface area contributed by atoms with E-state index in [2.05, 4.69) is 30.9 Å². The predicted molar refractivity (Wildman–Crippen MR) is 131 cm³/mol. The van der Waals surface area contributed by atoms with Crippen LogP contribution in [0.5, 0.6) is 5.75 Å². The van der Waals surface area contributed by atoms with Crippen molar-refractivity contribution in [2.75, 3.05) is 38.7 Å². The molecule has 0 unspecified atom stereocenters. The summed E-state index contributed by atoms with van der Waals surface area (Å²) in [6.07, 6.45) is 4.27. The van der Waals surface area contributed by atoms with Gasteiger partial charge in [0.2, 0.25) is 0 Å². The van der Waals surface area contributed by atoms with E-state index in [-0.39, 0.29) is 5.91 Å². The summed E-state index contributed by atoms with van der Waals surface area (Å²) in [6.45, 7) is 6.49. The van der Waals surface area contributed by atoms with E-state index in [0.717, 1.165) is 46.0 Å². The number of anilines is 1. The summed E-state index contributed by atoms with van der Waals surface area (Å²) in [5.74, 6) is 0.787. The highest BCUT2D eigenvalue weighted by molar-refractivity contribution is 7.22. The fourth-order valence-corrected chi connectivity index (χ4v) is 4.48. The Balaban J connectivity index is 1.79. The first-order valence-corrected chi connectivity index (χ1v) is 11.9. The van der Waals surface area contributed by atoms with Gasteiger partial charge in [-0.1, -0.05) is 43.2 Å². The van der Waals surface area contributed by atoms with Crippen molar-refractivity contribution in [2.45, 2.75) is 39.5 Å². The third kappa shape index (κ3) is 6.28. The van der Waals surface area contributed by atoms with Gasteiger partial charge in [-0.25, -0.2) is 4.98 Å². The number of carbonyl (C=O) groups excluding carboxylic acids is 1. The lowest BCUT2D eigenvalue weighted by Gasteiger charge is -2.21. The number of para-hydroxylation sites is 1. The summed E-state index contributed by atoms with van der Waals surface area (Å²) in [5.41, 5.74) is 2.76. The minimum atomic E-state index is -0.0204. The summed E-state index contributed by atoms with van der Waals surface area (Å²) in [5, 5.41) is 0.757. The summed E-state index contributed by atoms with van der Waals surface area (Å²) in [7, 11) is 4.10. The number of aromatic nitrogens is 1. The van der Waals surface area contributed by atoms with Gasteiger partial charge in [0.15, 0.2) is 5.13 Å². The third-order valence-corrected chi connectivity index (χ3v) is 6.23. The number of rotatable bonds is 11. The highest BCUT2D eigenvalue weighted by Crippen LogP contribution is 2.31. The molecule has 0 fully saturated rings. The molecule has 0 bridgehead atoms. The SMILES string of the molecule is CCCCCOc1ccc(C(=O)N(CCCN(C)C)c2nc3c(C)cccc3s2)cc1. The lowest BCUT2D eigenvalue weighted by atomic mass is 10.2. The first-order valence-electron chi connectivity index (χ1n) is 11.0. The molecular weight excluding hydrogens is 406 g/mol. The Hall–Kier alpha value is -2.44. The first kappa shape index (κ1) is 23.2. The van der Waals surface area contributed by atoms with Crippen molar-refractivity contribution in [2.24, 2.45) is 0 Å². The largest absolute Gasteiger partial charge is 0.494 e. The topological polar surface area (TPSA) is 45.7 Å². The molecular formula is C25H33N3O2S. The fraction of sp³-hybridized carbons (Fsp3) is 0.440. The van der Waals surface area contributed by atoms with Crippen molar-refractivity contribution in [3.8, 4) is 5.75 Å². The number of carbonyl (C=O) groups is 1. The molecule has 0 aliphatic rings. The van der Waals surface area contributed by atoms with Crippen LogP contribution in [0.2, 0.25) is 0 Å². The Bertz CT molecular complexity index is 982. The zero-order valence-corrected chi connectivity index (χ0v) is 19.9. The summed E-state index contributed by atoms with van der Waals surface area (Å²) >= 11 is 1.58. The van der Waals surface area contributed by atoms with E-state index in [1.807, 2.05) is 49.3 Å². The molecule has 0 aliphatic heterocycles. The molecule has 6 heteroatoms. The molecule has 31 heavy (non-hydrogen) atoms. The van der Waals surface area contributed by atoms with Crippen molar-refractivity contribution in [3.05, 3.63) is 53.6 Å². The van der Waals surface area contributed by atoms with Gasteiger partial charge in [-0.15, -0.1) is 0 Å². The first-order chi connectivity index (χ1) is 15.0. The molecule has 166 valence electrons. The molecule has 1 amide bonds.